The highest BCUT2D eigenvalue weighted by Crippen LogP contribution is 2.43. The van der Waals surface area contributed by atoms with E-state index in [9.17, 15) is 45.6 Å². The monoisotopic (exact) mass is 436 g/mol. The molecule has 6 unspecified atom stereocenters. The number of rotatable bonds is 6. The molecule has 1 saturated heterocycles. The summed E-state index contributed by atoms with van der Waals surface area (Å²) in [6, 6.07) is 7.77. The zero-order valence-electron chi connectivity index (χ0n) is 16.2. The molecular weight excluding hydrogens is 412 g/mol. The summed E-state index contributed by atoms with van der Waals surface area (Å²) in [5.74, 6) is -1.98. The molecule has 0 bridgehead atoms. The third-order valence-corrected chi connectivity index (χ3v) is 5.33. The molecule has 10 nitrogen and oxygen atoms in total. The second-order valence-corrected chi connectivity index (χ2v) is 7.38. The number of Topliss-reactive ketones (excluding diaryl/α,β-unsaturated/α-hetero) is 1. The molecule has 0 spiro atoms. The van der Waals surface area contributed by atoms with Crippen LogP contribution >= 0.6 is 0 Å². The van der Waals surface area contributed by atoms with E-state index < -0.39 is 72.5 Å². The second kappa shape index (κ2) is 9.18. The van der Waals surface area contributed by atoms with E-state index in [0.717, 1.165) is 12.1 Å². The second-order valence-electron chi connectivity index (χ2n) is 7.38. The van der Waals surface area contributed by atoms with Crippen molar-refractivity contribution in [1.29, 1.82) is 0 Å². The van der Waals surface area contributed by atoms with E-state index in [2.05, 4.69) is 0 Å². The highest BCUT2D eigenvalue weighted by molar-refractivity contribution is 5.99. The molecule has 3 rings (SSSR count). The quantitative estimate of drug-likeness (QED) is 0.277. The van der Waals surface area contributed by atoms with Crippen LogP contribution in [0.5, 0.6) is 17.2 Å². The molecule has 0 aliphatic carbocycles. The molecule has 1 aliphatic heterocycles. The summed E-state index contributed by atoms with van der Waals surface area (Å²) < 4.78 is 5.36. The minimum Gasteiger partial charge on any atom is -0.508 e. The Hall–Kier alpha value is -2.73. The fourth-order valence-electron chi connectivity index (χ4n) is 3.54. The first kappa shape index (κ1) is 22.9. The van der Waals surface area contributed by atoms with Gasteiger partial charge in [-0.1, -0.05) is 12.1 Å². The third-order valence-electron chi connectivity index (χ3n) is 5.33. The summed E-state index contributed by atoms with van der Waals surface area (Å²) >= 11 is 0. The van der Waals surface area contributed by atoms with E-state index in [0.29, 0.717) is 5.56 Å². The molecule has 8 N–H and O–H groups in total. The molecule has 0 amide bonds. The molecular formula is C21H24O10. The molecule has 2 aromatic carbocycles. The van der Waals surface area contributed by atoms with Crippen molar-refractivity contribution in [1.82, 2.24) is 0 Å². The maximum absolute atomic E-state index is 12.7. The number of benzene rings is 2. The molecule has 168 valence electrons. The largest absolute Gasteiger partial charge is 0.508 e. The predicted octanol–water partition coefficient (Wildman–Crippen LogP) is -0.375. The van der Waals surface area contributed by atoms with Gasteiger partial charge in [-0.2, -0.15) is 0 Å². The number of aliphatic hydroxyl groups is 5. The smallest absolute Gasteiger partial charge is 0.169 e. The van der Waals surface area contributed by atoms with E-state index in [-0.39, 0.29) is 11.3 Å². The highest BCUT2D eigenvalue weighted by Gasteiger charge is 2.46. The SMILES string of the molecule is O=C(CC(O)c1ccc(O)cc1)c1ccc(O)c(C2OC(CO)C(O)C(O)C2O)c1O. The minimum absolute atomic E-state index is 0.0115. The number of ketones is 1. The number of phenols is 3. The van der Waals surface area contributed by atoms with Crippen molar-refractivity contribution in [2.75, 3.05) is 6.61 Å². The van der Waals surface area contributed by atoms with Gasteiger partial charge >= 0.3 is 0 Å². The van der Waals surface area contributed by atoms with Crippen molar-refractivity contribution in [2.24, 2.45) is 0 Å². The van der Waals surface area contributed by atoms with Gasteiger partial charge in [0.05, 0.1) is 23.8 Å². The first-order valence-corrected chi connectivity index (χ1v) is 9.51. The molecule has 1 heterocycles. The summed E-state index contributed by atoms with van der Waals surface area (Å²) in [5, 5.41) is 80.0. The van der Waals surface area contributed by atoms with Gasteiger partial charge in [0.15, 0.2) is 5.78 Å². The Bertz CT molecular complexity index is 927. The number of aliphatic hydroxyl groups excluding tert-OH is 5. The zero-order chi connectivity index (χ0) is 22.9. The van der Waals surface area contributed by atoms with E-state index in [4.69, 9.17) is 4.74 Å². The third kappa shape index (κ3) is 4.49. The topological polar surface area (TPSA) is 188 Å². The van der Waals surface area contributed by atoms with Gasteiger partial charge in [0.2, 0.25) is 0 Å². The molecule has 10 heteroatoms. The van der Waals surface area contributed by atoms with E-state index in [1.54, 1.807) is 0 Å². The summed E-state index contributed by atoms with van der Waals surface area (Å²) in [5.41, 5.74) is -0.317. The summed E-state index contributed by atoms with van der Waals surface area (Å²) in [6.07, 6.45) is -9.66. The van der Waals surface area contributed by atoms with Crippen LogP contribution < -0.4 is 0 Å². The molecule has 1 fully saturated rings. The first-order chi connectivity index (χ1) is 14.6. The van der Waals surface area contributed by atoms with Crippen LogP contribution in [0.1, 0.15) is 40.1 Å². The van der Waals surface area contributed by atoms with Crippen molar-refractivity contribution in [3.05, 3.63) is 53.1 Å². The maximum atomic E-state index is 12.7. The number of carbonyl (C=O) groups is 1. The maximum Gasteiger partial charge on any atom is 0.169 e. The van der Waals surface area contributed by atoms with Crippen LogP contribution in [0.15, 0.2) is 36.4 Å². The fraction of sp³-hybridized carbons (Fsp3) is 0.381. The van der Waals surface area contributed by atoms with Gasteiger partial charge in [0.25, 0.3) is 0 Å². The minimum atomic E-state index is -1.78. The van der Waals surface area contributed by atoms with Gasteiger partial charge < -0.3 is 45.6 Å². The number of hydrogen-bond donors (Lipinski definition) is 8. The van der Waals surface area contributed by atoms with Gasteiger partial charge in [-0.25, -0.2) is 0 Å². The van der Waals surface area contributed by atoms with Gasteiger partial charge in [0, 0.05) is 6.42 Å². The highest BCUT2D eigenvalue weighted by atomic mass is 16.5. The van der Waals surface area contributed by atoms with Crippen LogP contribution in [0, 0.1) is 0 Å². The molecule has 2 aromatic rings. The summed E-state index contributed by atoms with van der Waals surface area (Å²) in [6.45, 7) is -0.708. The van der Waals surface area contributed by atoms with Gasteiger partial charge in [-0.3, -0.25) is 4.79 Å². The lowest BCUT2D eigenvalue weighted by Crippen LogP contribution is -2.55. The van der Waals surface area contributed by atoms with Crippen molar-refractivity contribution in [3.63, 3.8) is 0 Å². The lowest BCUT2D eigenvalue weighted by molar-refractivity contribution is -0.232. The van der Waals surface area contributed by atoms with Crippen LogP contribution in [0.2, 0.25) is 0 Å². The number of phenolic OH excluding ortho intramolecular Hbond substituents is 3. The van der Waals surface area contributed by atoms with Crippen LogP contribution in [0.3, 0.4) is 0 Å². The van der Waals surface area contributed by atoms with Gasteiger partial charge in [0.1, 0.15) is 47.8 Å². The average Bonchev–Trinajstić information content (AvgIpc) is 2.74. The lowest BCUT2D eigenvalue weighted by Gasteiger charge is -2.40. The Morgan fingerprint density at radius 2 is 1.58 bits per heavy atom. The number of ether oxygens (including phenoxy) is 1. The Morgan fingerprint density at radius 1 is 0.935 bits per heavy atom. The van der Waals surface area contributed by atoms with Crippen LogP contribution in [-0.2, 0) is 4.74 Å². The van der Waals surface area contributed by atoms with Gasteiger partial charge in [-0.15, -0.1) is 0 Å². The molecule has 31 heavy (non-hydrogen) atoms. The van der Waals surface area contributed by atoms with Crippen LogP contribution in [0.4, 0.5) is 0 Å². The van der Waals surface area contributed by atoms with E-state index in [1.165, 1.54) is 24.3 Å². The lowest BCUT2D eigenvalue weighted by atomic mass is 9.88. The number of hydrogen-bond acceptors (Lipinski definition) is 10. The van der Waals surface area contributed by atoms with Crippen LogP contribution in [-0.4, -0.2) is 77.7 Å². The Kier molecular flexibility index (Phi) is 6.80. The van der Waals surface area contributed by atoms with Crippen molar-refractivity contribution < 1.29 is 50.4 Å². The Labute approximate surface area is 176 Å². The van der Waals surface area contributed by atoms with Crippen LogP contribution in [0.25, 0.3) is 0 Å². The van der Waals surface area contributed by atoms with Crippen molar-refractivity contribution in [3.8, 4) is 17.2 Å². The predicted molar refractivity (Wildman–Crippen MR) is 105 cm³/mol. The Morgan fingerprint density at radius 3 is 2.19 bits per heavy atom. The zero-order valence-corrected chi connectivity index (χ0v) is 16.2. The number of aromatic hydroxyl groups is 3. The summed E-state index contributed by atoms with van der Waals surface area (Å²) in [4.78, 5) is 12.7. The normalized spacial score (nSPS) is 27.1. The Balaban J connectivity index is 1.89. The van der Waals surface area contributed by atoms with E-state index in [1.807, 2.05) is 0 Å². The molecule has 0 aromatic heterocycles. The van der Waals surface area contributed by atoms with E-state index >= 15 is 0 Å². The molecule has 0 radical (unpaired) electrons. The van der Waals surface area contributed by atoms with Gasteiger partial charge in [-0.05, 0) is 29.8 Å². The average molecular weight is 436 g/mol. The molecule has 6 atom stereocenters. The molecule has 0 saturated carbocycles. The number of carbonyl (C=O) groups excluding carboxylic acids is 1. The van der Waals surface area contributed by atoms with Crippen molar-refractivity contribution in [2.45, 2.75) is 43.0 Å². The molecule has 1 aliphatic rings. The standard InChI is InChI=1S/C21H24O10/c22-8-15-18(28)19(29)20(30)21(31-15)16-12(24)6-5-11(17(16)27)14(26)7-13(25)9-1-3-10(23)4-2-9/h1-6,13,15,18-25,27-30H,7-8H2. The first-order valence-electron chi connectivity index (χ1n) is 9.51. The summed E-state index contributed by atoms with van der Waals surface area (Å²) in [7, 11) is 0. The fourth-order valence-corrected chi connectivity index (χ4v) is 3.54. The van der Waals surface area contributed by atoms with Crippen molar-refractivity contribution >= 4 is 5.78 Å².